The lowest BCUT2D eigenvalue weighted by Crippen LogP contribution is -2.30. The van der Waals surface area contributed by atoms with Crippen LogP contribution in [0.15, 0.2) is 30.5 Å². The Hall–Kier alpha value is -4.25. The standard InChI is InChI=1S/C10H10ClN3O4.C8H8N2O4.C5H13NO2/c1-12(2)4-3-7-5-8(11)10(14(17)18)6-9(7)13(15)16;1-5-3-6(2)8(10(13)14)4-7(5)9(11)12;1-6(2)5(7-3)8-4/h3-6H,1-2H3;3-4H,1-2H3;5H,1-4H3/b4-3+;;. The fraction of sp³-hybridized carbons (Fsp3) is 0.391. The van der Waals surface area contributed by atoms with Crippen LogP contribution in [0.1, 0.15) is 16.7 Å². The van der Waals surface area contributed by atoms with E-state index < -0.39 is 25.4 Å². The molecule has 0 aliphatic heterocycles. The van der Waals surface area contributed by atoms with Crippen molar-refractivity contribution in [3.05, 3.63) is 92.6 Å². The summed E-state index contributed by atoms with van der Waals surface area (Å²) in [6.45, 7) is 3.10. The molecule has 0 heterocycles. The first-order valence-electron chi connectivity index (χ1n) is 11.1. The predicted molar refractivity (Wildman–Crippen MR) is 148 cm³/mol. The molecular weight excluding hydrogens is 556 g/mol. The summed E-state index contributed by atoms with van der Waals surface area (Å²) >= 11 is 5.70. The number of nitro groups is 4. The summed E-state index contributed by atoms with van der Waals surface area (Å²) in [6, 6.07) is 4.50. The van der Waals surface area contributed by atoms with Gasteiger partial charge in [-0.1, -0.05) is 11.6 Å². The topological polar surface area (TPSA) is 198 Å². The number of benzene rings is 2. The van der Waals surface area contributed by atoms with E-state index in [0.717, 1.165) is 12.1 Å². The number of aryl methyl sites for hydroxylation is 2. The molecule has 0 unspecified atom stereocenters. The number of nitro benzene ring substituents is 4. The summed E-state index contributed by atoms with van der Waals surface area (Å²) in [5.41, 5.74) is -0.209. The smallest absolute Gasteiger partial charge is 0.294 e. The van der Waals surface area contributed by atoms with Crippen molar-refractivity contribution in [3.8, 4) is 0 Å². The minimum Gasteiger partial charge on any atom is -0.383 e. The number of hydrogen-bond acceptors (Lipinski definition) is 12. The molecule has 0 aliphatic carbocycles. The third-order valence-corrected chi connectivity index (χ3v) is 5.08. The molecule has 0 aromatic heterocycles. The Kier molecular flexibility index (Phi) is 14.9. The maximum atomic E-state index is 10.8. The van der Waals surface area contributed by atoms with Crippen LogP contribution in [0.3, 0.4) is 0 Å². The Morgan fingerprint density at radius 3 is 1.43 bits per heavy atom. The molecule has 0 atom stereocenters. The van der Waals surface area contributed by atoms with Gasteiger partial charge in [-0.3, -0.25) is 45.4 Å². The second kappa shape index (κ2) is 16.7. The average Bonchev–Trinajstić information content (AvgIpc) is 2.83. The van der Waals surface area contributed by atoms with E-state index >= 15 is 0 Å². The van der Waals surface area contributed by atoms with Crippen LogP contribution in [0.25, 0.3) is 6.08 Å². The first-order chi connectivity index (χ1) is 18.5. The summed E-state index contributed by atoms with van der Waals surface area (Å²) in [5.74, 6) is 0. The zero-order chi connectivity index (χ0) is 31.3. The van der Waals surface area contributed by atoms with Gasteiger partial charge in [-0.25, -0.2) is 0 Å². The van der Waals surface area contributed by atoms with Crippen molar-refractivity contribution in [1.29, 1.82) is 0 Å². The first kappa shape index (κ1) is 35.8. The lowest BCUT2D eigenvalue weighted by Gasteiger charge is -2.19. The van der Waals surface area contributed by atoms with Gasteiger partial charge in [-0.2, -0.15) is 0 Å². The molecule has 40 heavy (non-hydrogen) atoms. The van der Waals surface area contributed by atoms with Crippen LogP contribution in [-0.4, -0.2) is 78.3 Å². The number of ether oxygens (including phenoxy) is 2. The van der Waals surface area contributed by atoms with Gasteiger partial charge in [0.05, 0.1) is 37.4 Å². The quantitative estimate of drug-likeness (QED) is 0.218. The molecule has 2 aromatic rings. The number of nitrogens with zero attached hydrogens (tertiary/aromatic N) is 6. The molecule has 0 radical (unpaired) electrons. The second-order valence-corrected chi connectivity index (χ2v) is 8.74. The van der Waals surface area contributed by atoms with Gasteiger partial charge < -0.3 is 14.4 Å². The highest BCUT2D eigenvalue weighted by Gasteiger charge is 2.22. The Morgan fingerprint density at radius 2 is 1.12 bits per heavy atom. The summed E-state index contributed by atoms with van der Waals surface area (Å²) < 4.78 is 9.73. The van der Waals surface area contributed by atoms with E-state index in [1.807, 2.05) is 19.0 Å². The summed E-state index contributed by atoms with van der Waals surface area (Å²) in [6.07, 6.45) is 2.84. The van der Waals surface area contributed by atoms with Crippen molar-refractivity contribution in [2.24, 2.45) is 0 Å². The molecule has 16 nitrogen and oxygen atoms in total. The molecule has 0 aliphatic rings. The summed E-state index contributed by atoms with van der Waals surface area (Å²) in [5, 5.41) is 42.3. The zero-order valence-electron chi connectivity index (χ0n) is 23.2. The van der Waals surface area contributed by atoms with E-state index in [1.54, 1.807) is 53.3 Å². The summed E-state index contributed by atoms with van der Waals surface area (Å²) in [7, 11) is 10.5. The molecule has 17 heteroatoms. The zero-order valence-corrected chi connectivity index (χ0v) is 23.9. The fourth-order valence-corrected chi connectivity index (χ4v) is 3.21. The van der Waals surface area contributed by atoms with Crippen LogP contribution in [-0.2, 0) is 9.47 Å². The minimum atomic E-state index is -0.755. The van der Waals surface area contributed by atoms with Gasteiger partial charge in [-0.15, -0.1) is 0 Å². The second-order valence-electron chi connectivity index (χ2n) is 8.34. The van der Waals surface area contributed by atoms with Crippen LogP contribution in [0.2, 0.25) is 5.02 Å². The predicted octanol–water partition coefficient (Wildman–Crippen LogP) is 4.93. The van der Waals surface area contributed by atoms with E-state index in [1.165, 1.54) is 18.2 Å². The molecule has 0 saturated heterocycles. The van der Waals surface area contributed by atoms with Crippen molar-refractivity contribution < 1.29 is 29.2 Å². The van der Waals surface area contributed by atoms with E-state index in [9.17, 15) is 40.5 Å². The maximum absolute atomic E-state index is 10.8. The van der Waals surface area contributed by atoms with Gasteiger partial charge in [-0.05, 0) is 52.4 Å². The fourth-order valence-electron chi connectivity index (χ4n) is 2.97. The van der Waals surface area contributed by atoms with Gasteiger partial charge in [0.1, 0.15) is 5.02 Å². The monoisotopic (exact) mass is 586 g/mol. The molecule has 2 aromatic carbocycles. The lowest BCUT2D eigenvalue weighted by atomic mass is 10.1. The Labute approximate surface area is 234 Å². The Balaban J connectivity index is 0.000000614. The van der Waals surface area contributed by atoms with Crippen molar-refractivity contribution in [2.45, 2.75) is 20.3 Å². The van der Waals surface area contributed by atoms with Crippen molar-refractivity contribution >= 4 is 40.4 Å². The molecule has 0 N–H and O–H groups in total. The molecule has 220 valence electrons. The third-order valence-electron chi connectivity index (χ3n) is 4.77. The molecular formula is C23H31ClN6O10. The van der Waals surface area contributed by atoms with E-state index in [0.29, 0.717) is 11.1 Å². The van der Waals surface area contributed by atoms with E-state index in [-0.39, 0.29) is 34.1 Å². The van der Waals surface area contributed by atoms with E-state index in [2.05, 4.69) is 0 Å². The van der Waals surface area contributed by atoms with Crippen molar-refractivity contribution in [3.63, 3.8) is 0 Å². The van der Waals surface area contributed by atoms with Crippen LogP contribution in [0.5, 0.6) is 0 Å². The molecule has 0 bridgehead atoms. The van der Waals surface area contributed by atoms with Crippen molar-refractivity contribution in [2.75, 3.05) is 42.4 Å². The Morgan fingerprint density at radius 1 is 0.725 bits per heavy atom. The van der Waals surface area contributed by atoms with Gasteiger partial charge in [0.15, 0.2) is 0 Å². The molecule has 0 spiro atoms. The third kappa shape index (κ3) is 11.2. The molecule has 2 rings (SSSR count). The average molecular weight is 587 g/mol. The number of rotatable bonds is 9. The molecule has 0 amide bonds. The summed E-state index contributed by atoms with van der Waals surface area (Å²) in [4.78, 5) is 43.3. The van der Waals surface area contributed by atoms with Gasteiger partial charge in [0, 0.05) is 39.4 Å². The van der Waals surface area contributed by atoms with E-state index in [4.69, 9.17) is 21.1 Å². The molecule has 0 fully saturated rings. The molecule has 0 saturated carbocycles. The number of halogens is 1. The van der Waals surface area contributed by atoms with Gasteiger partial charge in [0.25, 0.3) is 22.7 Å². The van der Waals surface area contributed by atoms with Crippen LogP contribution >= 0.6 is 11.6 Å². The highest BCUT2D eigenvalue weighted by atomic mass is 35.5. The SMILES string of the molecule is CN(C)/C=C/c1cc(Cl)c([N+](=O)[O-])cc1[N+](=O)[O-].COC(OC)N(C)C.Cc1cc(C)c([N+](=O)[O-])cc1[N+](=O)[O-]. The number of hydrogen-bond donors (Lipinski definition) is 0. The van der Waals surface area contributed by atoms with Crippen LogP contribution in [0, 0.1) is 54.3 Å². The first-order valence-corrected chi connectivity index (χ1v) is 11.4. The highest BCUT2D eigenvalue weighted by Crippen LogP contribution is 2.33. The highest BCUT2D eigenvalue weighted by molar-refractivity contribution is 6.32. The largest absolute Gasteiger partial charge is 0.383 e. The lowest BCUT2D eigenvalue weighted by molar-refractivity contribution is -0.394. The normalized spacial score (nSPS) is 10.5. The van der Waals surface area contributed by atoms with Gasteiger partial charge >= 0.3 is 0 Å². The maximum Gasteiger partial charge on any atom is 0.294 e. The van der Waals surface area contributed by atoms with Gasteiger partial charge in [0.2, 0.25) is 6.41 Å². The van der Waals surface area contributed by atoms with Crippen molar-refractivity contribution in [1.82, 2.24) is 9.80 Å². The van der Waals surface area contributed by atoms with Crippen LogP contribution < -0.4 is 0 Å². The van der Waals surface area contributed by atoms with Crippen LogP contribution in [0.4, 0.5) is 22.7 Å². The number of methoxy groups -OCH3 is 2. The minimum absolute atomic E-state index is 0.135. The Bertz CT molecular complexity index is 1210.